The lowest BCUT2D eigenvalue weighted by Crippen LogP contribution is -2.51. The number of hydrogen-bond acceptors (Lipinski definition) is 4. The Kier molecular flexibility index (Phi) is 8.46. The van der Waals surface area contributed by atoms with E-state index in [2.05, 4.69) is 48.1 Å². The van der Waals surface area contributed by atoms with Gasteiger partial charge in [-0.05, 0) is 46.1 Å². The number of rotatable bonds is 7. The molecule has 146 valence electrons. The molecule has 2 N–H and O–H groups in total. The summed E-state index contributed by atoms with van der Waals surface area (Å²) in [4.78, 5) is 9.93. The van der Waals surface area contributed by atoms with Crippen LogP contribution in [-0.2, 0) is 4.74 Å². The van der Waals surface area contributed by atoms with E-state index < -0.39 is 0 Å². The molecule has 0 spiro atoms. The van der Waals surface area contributed by atoms with E-state index in [0.717, 1.165) is 64.4 Å². The second-order valence-electron chi connectivity index (χ2n) is 8.08. The van der Waals surface area contributed by atoms with E-state index in [0.29, 0.717) is 0 Å². The van der Waals surface area contributed by atoms with Gasteiger partial charge in [0.05, 0.1) is 19.8 Å². The van der Waals surface area contributed by atoms with Crippen LogP contribution in [0.5, 0.6) is 0 Å². The Hall–Kier alpha value is -0.850. The largest absolute Gasteiger partial charge is 0.379 e. The van der Waals surface area contributed by atoms with Gasteiger partial charge in [-0.2, -0.15) is 0 Å². The van der Waals surface area contributed by atoms with Crippen molar-refractivity contribution in [3.05, 3.63) is 0 Å². The number of nitrogens with zero attached hydrogens (tertiary/aromatic N) is 3. The Morgan fingerprint density at radius 3 is 2.64 bits per heavy atom. The van der Waals surface area contributed by atoms with Gasteiger partial charge in [0.1, 0.15) is 0 Å². The molecule has 1 unspecified atom stereocenters. The third-order valence-corrected chi connectivity index (χ3v) is 5.31. The van der Waals surface area contributed by atoms with Crippen LogP contribution in [0.4, 0.5) is 0 Å². The lowest BCUT2D eigenvalue weighted by atomic mass is 9.94. The van der Waals surface area contributed by atoms with Gasteiger partial charge in [-0.3, -0.25) is 14.8 Å². The summed E-state index contributed by atoms with van der Waals surface area (Å²) in [5.41, 5.74) is 0.112. The monoisotopic (exact) mass is 353 g/mol. The van der Waals surface area contributed by atoms with Crippen LogP contribution in [0.2, 0.25) is 0 Å². The van der Waals surface area contributed by atoms with E-state index in [4.69, 9.17) is 9.73 Å². The SMILES string of the molecule is CCNC(=NCC(C)(C)N1CCCC(C)C1)NCCN1CCOCC1. The van der Waals surface area contributed by atoms with Gasteiger partial charge in [0, 0.05) is 44.8 Å². The highest BCUT2D eigenvalue weighted by atomic mass is 16.5. The van der Waals surface area contributed by atoms with E-state index >= 15 is 0 Å². The molecule has 0 aromatic carbocycles. The summed E-state index contributed by atoms with van der Waals surface area (Å²) in [6.45, 7) is 19.0. The molecule has 6 heteroatoms. The summed E-state index contributed by atoms with van der Waals surface area (Å²) in [6.07, 6.45) is 2.67. The Balaban J connectivity index is 1.80. The minimum atomic E-state index is 0.112. The number of ether oxygens (including phenoxy) is 1. The first kappa shape index (κ1) is 20.5. The van der Waals surface area contributed by atoms with Crippen molar-refractivity contribution in [2.24, 2.45) is 10.9 Å². The maximum absolute atomic E-state index is 5.40. The van der Waals surface area contributed by atoms with Crippen molar-refractivity contribution in [2.75, 3.05) is 65.6 Å². The fraction of sp³-hybridized carbons (Fsp3) is 0.947. The van der Waals surface area contributed by atoms with Crippen molar-refractivity contribution < 1.29 is 4.74 Å². The van der Waals surface area contributed by atoms with Crippen molar-refractivity contribution >= 4 is 5.96 Å². The number of morpholine rings is 1. The van der Waals surface area contributed by atoms with Gasteiger partial charge in [0.15, 0.2) is 5.96 Å². The van der Waals surface area contributed by atoms with Crippen LogP contribution >= 0.6 is 0 Å². The summed E-state index contributed by atoms with van der Waals surface area (Å²) in [6, 6.07) is 0. The maximum atomic E-state index is 5.40. The molecular weight excluding hydrogens is 314 g/mol. The lowest BCUT2D eigenvalue weighted by molar-refractivity contribution is 0.0389. The van der Waals surface area contributed by atoms with Crippen molar-refractivity contribution in [3.63, 3.8) is 0 Å². The highest BCUT2D eigenvalue weighted by Crippen LogP contribution is 2.24. The minimum Gasteiger partial charge on any atom is -0.379 e. The van der Waals surface area contributed by atoms with Crippen LogP contribution in [0.3, 0.4) is 0 Å². The van der Waals surface area contributed by atoms with Crippen molar-refractivity contribution in [1.29, 1.82) is 0 Å². The quantitative estimate of drug-likeness (QED) is 0.535. The van der Waals surface area contributed by atoms with E-state index in [-0.39, 0.29) is 5.54 Å². The molecule has 2 rings (SSSR count). The zero-order valence-electron chi connectivity index (χ0n) is 16.8. The van der Waals surface area contributed by atoms with Crippen LogP contribution in [0, 0.1) is 5.92 Å². The lowest BCUT2D eigenvalue weighted by Gasteiger charge is -2.42. The Morgan fingerprint density at radius 1 is 1.20 bits per heavy atom. The van der Waals surface area contributed by atoms with Gasteiger partial charge in [-0.15, -0.1) is 0 Å². The molecule has 25 heavy (non-hydrogen) atoms. The third kappa shape index (κ3) is 7.12. The number of likely N-dealkylation sites (tertiary alicyclic amines) is 1. The number of hydrogen-bond donors (Lipinski definition) is 2. The molecule has 0 aromatic rings. The minimum absolute atomic E-state index is 0.112. The summed E-state index contributed by atoms with van der Waals surface area (Å²) in [7, 11) is 0. The van der Waals surface area contributed by atoms with Crippen LogP contribution in [-0.4, -0.2) is 86.9 Å². The molecule has 0 aliphatic carbocycles. The smallest absolute Gasteiger partial charge is 0.191 e. The first-order chi connectivity index (χ1) is 12.0. The first-order valence-corrected chi connectivity index (χ1v) is 10.1. The number of nitrogens with one attached hydrogen (secondary N) is 2. The summed E-state index contributed by atoms with van der Waals surface area (Å²) < 4.78 is 5.40. The van der Waals surface area contributed by atoms with Crippen molar-refractivity contribution in [2.45, 2.75) is 46.1 Å². The van der Waals surface area contributed by atoms with Gasteiger partial charge in [-0.1, -0.05) is 6.92 Å². The molecule has 6 nitrogen and oxygen atoms in total. The molecule has 2 aliphatic rings. The highest BCUT2D eigenvalue weighted by molar-refractivity contribution is 5.79. The number of piperidine rings is 1. The molecule has 2 aliphatic heterocycles. The maximum Gasteiger partial charge on any atom is 0.191 e. The summed E-state index contributed by atoms with van der Waals surface area (Å²) in [5.74, 6) is 1.74. The predicted molar refractivity (Wildman–Crippen MR) is 105 cm³/mol. The topological polar surface area (TPSA) is 52.1 Å². The zero-order chi connectivity index (χ0) is 18.1. The fourth-order valence-electron chi connectivity index (χ4n) is 3.61. The van der Waals surface area contributed by atoms with Gasteiger partial charge in [-0.25, -0.2) is 0 Å². The third-order valence-electron chi connectivity index (χ3n) is 5.31. The molecule has 2 fully saturated rings. The Labute approximate surface area is 154 Å². The summed E-state index contributed by atoms with van der Waals surface area (Å²) >= 11 is 0. The van der Waals surface area contributed by atoms with E-state index in [9.17, 15) is 0 Å². The van der Waals surface area contributed by atoms with Gasteiger partial charge in [0.25, 0.3) is 0 Å². The zero-order valence-corrected chi connectivity index (χ0v) is 16.8. The van der Waals surface area contributed by atoms with E-state index in [1.54, 1.807) is 0 Å². The fourth-order valence-corrected chi connectivity index (χ4v) is 3.61. The van der Waals surface area contributed by atoms with Gasteiger partial charge < -0.3 is 15.4 Å². The van der Waals surface area contributed by atoms with E-state index in [1.807, 2.05) is 0 Å². The average molecular weight is 354 g/mol. The predicted octanol–water partition coefficient (Wildman–Crippen LogP) is 1.38. The molecule has 0 aromatic heterocycles. The van der Waals surface area contributed by atoms with Crippen LogP contribution < -0.4 is 10.6 Å². The highest BCUT2D eigenvalue weighted by Gasteiger charge is 2.30. The standard InChI is InChI=1S/C19H39N5O/c1-5-20-18(21-8-10-23-11-13-25-14-12-23)22-16-19(3,4)24-9-6-7-17(2)15-24/h17H,5-16H2,1-4H3,(H2,20,21,22). The average Bonchev–Trinajstić information content (AvgIpc) is 2.61. The molecular formula is C19H39N5O. The number of guanidine groups is 1. The van der Waals surface area contributed by atoms with E-state index in [1.165, 1.54) is 25.9 Å². The molecule has 2 saturated heterocycles. The molecule has 0 radical (unpaired) electrons. The summed E-state index contributed by atoms with van der Waals surface area (Å²) in [5, 5.41) is 6.87. The molecule has 0 saturated carbocycles. The molecule has 1 atom stereocenters. The van der Waals surface area contributed by atoms with Crippen LogP contribution in [0.15, 0.2) is 4.99 Å². The molecule has 2 heterocycles. The van der Waals surface area contributed by atoms with Crippen LogP contribution in [0.25, 0.3) is 0 Å². The molecule has 0 bridgehead atoms. The first-order valence-electron chi connectivity index (χ1n) is 10.1. The van der Waals surface area contributed by atoms with Crippen LogP contribution in [0.1, 0.15) is 40.5 Å². The Morgan fingerprint density at radius 2 is 1.96 bits per heavy atom. The van der Waals surface area contributed by atoms with Gasteiger partial charge in [0.2, 0.25) is 0 Å². The normalized spacial score (nSPS) is 24.3. The van der Waals surface area contributed by atoms with Crippen molar-refractivity contribution in [3.8, 4) is 0 Å². The Bertz CT molecular complexity index is 407. The molecule has 0 amide bonds. The van der Waals surface area contributed by atoms with Gasteiger partial charge >= 0.3 is 0 Å². The second-order valence-corrected chi connectivity index (χ2v) is 8.08. The number of aliphatic imine (C=N–C) groups is 1. The second kappa shape index (κ2) is 10.3. The van der Waals surface area contributed by atoms with Crippen molar-refractivity contribution in [1.82, 2.24) is 20.4 Å².